The van der Waals surface area contributed by atoms with Crippen molar-refractivity contribution in [3.05, 3.63) is 30.1 Å². The zero-order valence-corrected chi connectivity index (χ0v) is 15.2. The number of pyridine rings is 1. The van der Waals surface area contributed by atoms with Crippen LogP contribution in [0.1, 0.15) is 12.0 Å². The molecule has 3 fully saturated rings. The summed E-state index contributed by atoms with van der Waals surface area (Å²) in [4.78, 5) is 21.4. The van der Waals surface area contributed by atoms with Crippen molar-refractivity contribution in [2.45, 2.75) is 25.0 Å². The van der Waals surface area contributed by atoms with Gasteiger partial charge in [-0.25, -0.2) is 5.43 Å². The van der Waals surface area contributed by atoms with Crippen LogP contribution in [0.15, 0.2) is 24.5 Å². The van der Waals surface area contributed by atoms with Crippen LogP contribution in [0.25, 0.3) is 0 Å². The van der Waals surface area contributed by atoms with Crippen LogP contribution in [0.5, 0.6) is 0 Å². The molecule has 4 heterocycles. The monoisotopic (exact) mass is 366 g/mol. The number of fused-ring (bicyclic) bond motifs is 1. The van der Waals surface area contributed by atoms with E-state index < -0.39 is 0 Å². The summed E-state index contributed by atoms with van der Waals surface area (Å²) in [7, 11) is 0. The number of piperidine rings is 1. The molecule has 0 spiro atoms. The lowest BCUT2D eigenvalue weighted by atomic mass is 9.89. The van der Waals surface area contributed by atoms with Crippen molar-refractivity contribution < 1.29 is 4.79 Å². The maximum Gasteiger partial charge on any atom is 0.241 e. The Kier molecular flexibility index (Phi) is 6.24. The summed E-state index contributed by atoms with van der Waals surface area (Å²) in [5.74, 6) is 0.614. The summed E-state index contributed by atoms with van der Waals surface area (Å²) in [6.45, 7) is 6.37. The molecule has 1 amide bonds. The van der Waals surface area contributed by atoms with E-state index >= 15 is 0 Å². The van der Waals surface area contributed by atoms with E-state index in [9.17, 15) is 4.79 Å². The fourth-order valence-corrected chi connectivity index (χ4v) is 4.03. The van der Waals surface area contributed by atoms with E-state index in [0.717, 1.165) is 52.2 Å². The number of nitrogens with one attached hydrogen (secondary N) is 3. The van der Waals surface area contributed by atoms with Crippen molar-refractivity contribution in [2.24, 2.45) is 5.92 Å². The minimum Gasteiger partial charge on any atom is -0.339 e. The normalized spacial score (nSPS) is 29.8. The summed E-state index contributed by atoms with van der Waals surface area (Å²) in [5, 5.41) is 3.41. The molecule has 8 heteroatoms. The Labute approximate surface area is 154 Å². The molecule has 0 saturated carbocycles. The molecule has 3 unspecified atom stereocenters. The van der Waals surface area contributed by atoms with Crippen LogP contribution in [-0.4, -0.2) is 72.0 Å². The lowest BCUT2D eigenvalue weighted by Gasteiger charge is -2.37. The molecule has 3 aliphatic heterocycles. The number of nitrogens with zero attached hydrogens (tertiary/aromatic N) is 3. The lowest BCUT2D eigenvalue weighted by molar-refractivity contribution is -0.136. The molecular weight excluding hydrogens is 340 g/mol. The number of hydrazine groups is 1. The molecule has 0 bridgehead atoms. The van der Waals surface area contributed by atoms with Crippen LogP contribution >= 0.6 is 12.4 Å². The Morgan fingerprint density at radius 2 is 1.92 bits per heavy atom. The van der Waals surface area contributed by atoms with Crippen molar-refractivity contribution in [1.29, 1.82) is 0 Å². The van der Waals surface area contributed by atoms with Crippen LogP contribution in [0.4, 0.5) is 0 Å². The number of piperazine rings is 1. The first kappa shape index (κ1) is 18.5. The first-order chi connectivity index (χ1) is 11.8. The standard InChI is InChI=1S/C17H26N6O.ClH/c24-17(16-14-11-19-6-3-15(14)20-21-16)23-9-7-22(8-10-23)12-13-1-4-18-5-2-13;/h1-2,4-5,14-16,19-21H,3,6-12H2;1H. The van der Waals surface area contributed by atoms with Gasteiger partial charge in [0.15, 0.2) is 0 Å². The quantitative estimate of drug-likeness (QED) is 0.676. The molecule has 0 aromatic carbocycles. The molecule has 25 heavy (non-hydrogen) atoms. The first-order valence-corrected chi connectivity index (χ1v) is 8.93. The lowest BCUT2D eigenvalue weighted by Crippen LogP contribution is -2.55. The van der Waals surface area contributed by atoms with Gasteiger partial charge in [-0.3, -0.25) is 20.1 Å². The highest BCUT2D eigenvalue weighted by Crippen LogP contribution is 2.22. The third kappa shape index (κ3) is 4.12. The van der Waals surface area contributed by atoms with E-state index in [0.29, 0.717) is 12.0 Å². The largest absolute Gasteiger partial charge is 0.339 e. The van der Waals surface area contributed by atoms with E-state index in [4.69, 9.17) is 0 Å². The number of rotatable bonds is 3. The SMILES string of the molecule is Cl.O=C(C1NNC2CCNCC21)N1CCN(Cc2ccncc2)CC1. The maximum absolute atomic E-state index is 12.9. The van der Waals surface area contributed by atoms with Crippen LogP contribution in [0.2, 0.25) is 0 Å². The number of carbonyl (C=O) groups excluding carboxylic acids is 1. The minimum atomic E-state index is -0.0884. The van der Waals surface area contributed by atoms with Gasteiger partial charge in [0.1, 0.15) is 6.04 Å². The summed E-state index contributed by atoms with van der Waals surface area (Å²) >= 11 is 0. The van der Waals surface area contributed by atoms with Gasteiger partial charge in [-0.1, -0.05) is 0 Å². The average Bonchev–Trinajstić information content (AvgIpc) is 3.07. The Hall–Kier alpha value is -1.25. The minimum absolute atomic E-state index is 0. The van der Waals surface area contributed by atoms with Gasteiger partial charge in [0.2, 0.25) is 5.91 Å². The fourth-order valence-electron chi connectivity index (χ4n) is 4.03. The highest BCUT2D eigenvalue weighted by atomic mass is 35.5. The van der Waals surface area contributed by atoms with Crippen molar-refractivity contribution in [1.82, 2.24) is 31.0 Å². The van der Waals surface area contributed by atoms with Crippen molar-refractivity contribution in [2.75, 3.05) is 39.3 Å². The molecule has 1 aromatic heterocycles. The number of carbonyl (C=O) groups is 1. The third-order valence-corrected chi connectivity index (χ3v) is 5.49. The molecular formula is C17H27ClN6O. The van der Waals surface area contributed by atoms with Crippen molar-refractivity contribution in [3.63, 3.8) is 0 Å². The number of aromatic nitrogens is 1. The predicted molar refractivity (Wildman–Crippen MR) is 98.2 cm³/mol. The highest BCUT2D eigenvalue weighted by Gasteiger charge is 2.42. The first-order valence-electron chi connectivity index (χ1n) is 8.93. The summed E-state index contributed by atoms with van der Waals surface area (Å²) in [6, 6.07) is 4.45. The Balaban J connectivity index is 0.00000182. The zero-order valence-electron chi connectivity index (χ0n) is 14.4. The molecule has 7 nitrogen and oxygen atoms in total. The van der Waals surface area contributed by atoms with Gasteiger partial charge in [0.25, 0.3) is 0 Å². The van der Waals surface area contributed by atoms with Crippen molar-refractivity contribution in [3.8, 4) is 0 Å². The fraction of sp³-hybridized carbons (Fsp3) is 0.647. The second kappa shape index (κ2) is 8.42. The molecule has 4 rings (SSSR count). The van der Waals surface area contributed by atoms with E-state index in [1.54, 1.807) is 0 Å². The summed E-state index contributed by atoms with van der Waals surface area (Å²) < 4.78 is 0. The van der Waals surface area contributed by atoms with Crippen LogP contribution in [0, 0.1) is 5.92 Å². The number of hydrogen-bond donors (Lipinski definition) is 3. The summed E-state index contributed by atoms with van der Waals surface area (Å²) in [6.07, 6.45) is 4.76. The van der Waals surface area contributed by atoms with E-state index in [-0.39, 0.29) is 24.4 Å². The highest BCUT2D eigenvalue weighted by molar-refractivity contribution is 5.85. The smallest absolute Gasteiger partial charge is 0.241 e. The molecule has 0 aliphatic carbocycles. The van der Waals surface area contributed by atoms with E-state index in [1.165, 1.54) is 5.56 Å². The Morgan fingerprint density at radius 1 is 1.16 bits per heavy atom. The van der Waals surface area contributed by atoms with Crippen LogP contribution in [-0.2, 0) is 11.3 Å². The van der Waals surface area contributed by atoms with Gasteiger partial charge in [0.05, 0.1) is 0 Å². The average molecular weight is 367 g/mol. The van der Waals surface area contributed by atoms with Gasteiger partial charge in [-0.15, -0.1) is 12.4 Å². The summed E-state index contributed by atoms with van der Waals surface area (Å²) in [5.41, 5.74) is 7.84. The third-order valence-electron chi connectivity index (χ3n) is 5.49. The van der Waals surface area contributed by atoms with Gasteiger partial charge < -0.3 is 10.2 Å². The van der Waals surface area contributed by atoms with Gasteiger partial charge in [0, 0.05) is 63.6 Å². The number of halogens is 1. The van der Waals surface area contributed by atoms with Crippen LogP contribution in [0.3, 0.4) is 0 Å². The topological polar surface area (TPSA) is 72.5 Å². The zero-order chi connectivity index (χ0) is 16.4. The second-order valence-corrected chi connectivity index (χ2v) is 6.99. The molecule has 3 N–H and O–H groups in total. The van der Waals surface area contributed by atoms with E-state index in [1.807, 2.05) is 17.3 Å². The molecule has 138 valence electrons. The number of amides is 1. The maximum atomic E-state index is 12.9. The van der Waals surface area contributed by atoms with Crippen molar-refractivity contribution >= 4 is 18.3 Å². The number of hydrogen-bond acceptors (Lipinski definition) is 6. The second-order valence-electron chi connectivity index (χ2n) is 6.99. The molecule has 0 radical (unpaired) electrons. The Bertz CT molecular complexity index is 566. The molecule has 3 aliphatic rings. The molecule has 3 atom stereocenters. The molecule has 1 aromatic rings. The van der Waals surface area contributed by atoms with Gasteiger partial charge in [-0.05, 0) is 30.7 Å². The van der Waals surface area contributed by atoms with Crippen LogP contribution < -0.4 is 16.2 Å². The Morgan fingerprint density at radius 3 is 2.68 bits per heavy atom. The van der Waals surface area contributed by atoms with Gasteiger partial charge >= 0.3 is 0 Å². The van der Waals surface area contributed by atoms with E-state index in [2.05, 4.69) is 38.2 Å². The van der Waals surface area contributed by atoms with Gasteiger partial charge in [-0.2, -0.15) is 0 Å². The molecule has 3 saturated heterocycles. The predicted octanol–water partition coefficient (Wildman–Crippen LogP) is -0.398.